The first-order valence-corrected chi connectivity index (χ1v) is 7.18. The van der Waals surface area contributed by atoms with Crippen LogP contribution in [0, 0.1) is 5.92 Å². The van der Waals surface area contributed by atoms with Gasteiger partial charge in [0.15, 0.2) is 0 Å². The second kappa shape index (κ2) is 5.74. The molecule has 4 nitrogen and oxygen atoms in total. The highest BCUT2D eigenvalue weighted by Crippen LogP contribution is 2.23. The maximum Gasteiger partial charge on any atom is 0.140 e. The van der Waals surface area contributed by atoms with Gasteiger partial charge in [-0.25, -0.2) is 4.98 Å². The van der Waals surface area contributed by atoms with E-state index in [4.69, 9.17) is 16.3 Å². The topological polar surface area (TPSA) is 38.9 Å². The molecule has 0 aromatic carbocycles. The van der Waals surface area contributed by atoms with Crippen molar-refractivity contribution in [2.75, 3.05) is 7.11 Å². The van der Waals surface area contributed by atoms with Crippen LogP contribution in [0.3, 0.4) is 0 Å². The van der Waals surface area contributed by atoms with E-state index in [0.717, 1.165) is 34.3 Å². The zero-order valence-electron chi connectivity index (χ0n) is 12.0. The van der Waals surface area contributed by atoms with E-state index in [1.807, 2.05) is 41.1 Å². The van der Waals surface area contributed by atoms with Gasteiger partial charge in [0.05, 0.1) is 24.7 Å². The van der Waals surface area contributed by atoms with Crippen LogP contribution < -0.4 is 4.74 Å². The average molecular weight is 302 g/mol. The molecule has 0 spiro atoms. The second-order valence-corrected chi connectivity index (χ2v) is 5.44. The Morgan fingerprint density at radius 1 is 1.43 bits per heavy atom. The van der Waals surface area contributed by atoms with Gasteiger partial charge in [-0.1, -0.05) is 24.6 Å². The summed E-state index contributed by atoms with van der Waals surface area (Å²) in [5, 5.41) is 0.807. The van der Waals surface area contributed by atoms with E-state index in [-0.39, 0.29) is 0 Å². The average Bonchev–Trinajstić information content (AvgIpc) is 2.91. The first-order valence-electron chi connectivity index (χ1n) is 6.80. The third-order valence-electron chi connectivity index (χ3n) is 3.54. The lowest BCUT2D eigenvalue weighted by Gasteiger charge is -2.10. The van der Waals surface area contributed by atoms with E-state index in [9.17, 15) is 0 Å². The molecule has 3 rings (SSSR count). The Kier molecular flexibility index (Phi) is 3.80. The molecule has 3 heterocycles. The molecule has 2 aromatic rings. The molecule has 0 N–H and O–H groups in total. The van der Waals surface area contributed by atoms with Gasteiger partial charge >= 0.3 is 0 Å². The molecular formula is C16H16ClN3O. The number of hydrogen-bond acceptors (Lipinski definition) is 3. The fourth-order valence-electron chi connectivity index (χ4n) is 2.24. The summed E-state index contributed by atoms with van der Waals surface area (Å²) in [6, 6.07) is 3.78. The van der Waals surface area contributed by atoms with Crippen molar-refractivity contribution in [2.45, 2.75) is 13.3 Å². The summed E-state index contributed by atoms with van der Waals surface area (Å²) in [6.07, 6.45) is 10.4. The Balaban J connectivity index is 2.11. The van der Waals surface area contributed by atoms with Crippen LogP contribution >= 0.6 is 11.6 Å². The molecule has 2 aromatic heterocycles. The summed E-state index contributed by atoms with van der Waals surface area (Å²) < 4.78 is 7.19. The van der Waals surface area contributed by atoms with Gasteiger partial charge in [-0.2, -0.15) is 0 Å². The molecule has 21 heavy (non-hydrogen) atoms. The van der Waals surface area contributed by atoms with Crippen molar-refractivity contribution in [3.05, 3.63) is 53.6 Å². The summed E-state index contributed by atoms with van der Waals surface area (Å²) in [5.74, 6) is 1.08. The van der Waals surface area contributed by atoms with Crippen molar-refractivity contribution in [2.24, 2.45) is 10.9 Å². The number of aromatic nitrogens is 2. The van der Waals surface area contributed by atoms with Crippen LogP contribution in [0.25, 0.3) is 5.65 Å². The van der Waals surface area contributed by atoms with E-state index in [0.29, 0.717) is 5.92 Å². The highest BCUT2D eigenvalue weighted by Gasteiger charge is 2.13. The smallest absolute Gasteiger partial charge is 0.140 e. The quantitative estimate of drug-likeness (QED) is 0.846. The van der Waals surface area contributed by atoms with Crippen molar-refractivity contribution in [1.82, 2.24) is 9.38 Å². The molecule has 0 aliphatic carbocycles. The van der Waals surface area contributed by atoms with Crippen LogP contribution in [0.2, 0.25) is 0 Å². The predicted molar refractivity (Wildman–Crippen MR) is 85.1 cm³/mol. The normalized spacial score (nSPS) is 25.4. The van der Waals surface area contributed by atoms with E-state index in [1.54, 1.807) is 13.3 Å². The fourth-order valence-corrected chi connectivity index (χ4v) is 2.43. The number of halogens is 1. The summed E-state index contributed by atoms with van der Waals surface area (Å²) in [5.41, 5.74) is 2.53. The number of methoxy groups -OCH3 is 1. The monoisotopic (exact) mass is 301 g/mol. The SMILES string of the molecule is COc1ccn2c(C3=N/C=C/CC(C)/C(Cl)=C\3)cnc2c1. The Labute approximate surface area is 128 Å². The summed E-state index contributed by atoms with van der Waals surface area (Å²) in [6.45, 7) is 2.10. The lowest BCUT2D eigenvalue weighted by atomic mass is 10.0. The van der Waals surface area contributed by atoms with Gasteiger partial charge in [-0.3, -0.25) is 9.39 Å². The zero-order valence-corrected chi connectivity index (χ0v) is 12.7. The molecule has 1 aliphatic rings. The van der Waals surface area contributed by atoms with Crippen LogP contribution in [0.1, 0.15) is 19.0 Å². The highest BCUT2D eigenvalue weighted by atomic mass is 35.5. The van der Waals surface area contributed by atoms with Gasteiger partial charge in [0, 0.05) is 23.5 Å². The van der Waals surface area contributed by atoms with Gasteiger partial charge in [0.25, 0.3) is 0 Å². The van der Waals surface area contributed by atoms with Crippen molar-refractivity contribution < 1.29 is 4.74 Å². The number of fused-ring (bicyclic) bond motifs is 1. The third kappa shape index (κ3) is 2.72. The molecule has 0 saturated carbocycles. The standard InChI is InChI=1S/C16H16ClN3O/c1-11-4-3-6-18-14(9-13(11)17)15-10-19-16-8-12(21-2)5-7-20(15)16/h3,5-11H,4H2,1-2H3/b6-3+,13-9+,18-14+. The van der Waals surface area contributed by atoms with Crippen LogP contribution in [-0.2, 0) is 0 Å². The summed E-state index contributed by atoms with van der Waals surface area (Å²) in [4.78, 5) is 8.89. The molecule has 0 saturated heterocycles. The lowest BCUT2D eigenvalue weighted by Crippen LogP contribution is -2.05. The summed E-state index contributed by atoms with van der Waals surface area (Å²) >= 11 is 6.35. The number of nitrogens with zero attached hydrogens (tertiary/aromatic N) is 3. The molecule has 0 amide bonds. The minimum absolute atomic E-state index is 0.299. The van der Waals surface area contributed by atoms with E-state index >= 15 is 0 Å². The molecule has 1 unspecified atom stereocenters. The predicted octanol–water partition coefficient (Wildman–Crippen LogP) is 3.81. The van der Waals surface area contributed by atoms with E-state index < -0.39 is 0 Å². The van der Waals surface area contributed by atoms with Crippen LogP contribution in [0.5, 0.6) is 5.75 Å². The Bertz CT molecular complexity index is 758. The number of pyridine rings is 1. The number of aliphatic imine (C=N–C) groups is 1. The number of imidazole rings is 1. The molecule has 108 valence electrons. The number of ether oxygens (including phenoxy) is 1. The van der Waals surface area contributed by atoms with Crippen molar-refractivity contribution >= 4 is 23.0 Å². The Hall–Kier alpha value is -2.07. The van der Waals surface area contributed by atoms with E-state index in [2.05, 4.69) is 16.9 Å². The van der Waals surface area contributed by atoms with Gasteiger partial charge in [-0.15, -0.1) is 0 Å². The van der Waals surface area contributed by atoms with Crippen LogP contribution in [0.4, 0.5) is 0 Å². The van der Waals surface area contributed by atoms with Crippen molar-refractivity contribution in [3.63, 3.8) is 0 Å². The van der Waals surface area contributed by atoms with E-state index in [1.165, 1.54) is 0 Å². The Morgan fingerprint density at radius 2 is 2.29 bits per heavy atom. The van der Waals surface area contributed by atoms with Crippen LogP contribution in [-0.4, -0.2) is 22.2 Å². The Morgan fingerprint density at radius 3 is 3.10 bits per heavy atom. The fraction of sp³-hybridized carbons (Fsp3) is 0.250. The van der Waals surface area contributed by atoms with Gasteiger partial charge < -0.3 is 4.74 Å². The number of hydrogen-bond donors (Lipinski definition) is 0. The maximum absolute atomic E-state index is 6.35. The van der Waals surface area contributed by atoms with Crippen molar-refractivity contribution in [3.8, 4) is 5.75 Å². The van der Waals surface area contributed by atoms with Gasteiger partial charge in [0.1, 0.15) is 11.4 Å². The first-order chi connectivity index (χ1) is 10.2. The highest BCUT2D eigenvalue weighted by molar-refractivity contribution is 6.32. The molecule has 0 bridgehead atoms. The van der Waals surface area contributed by atoms with Gasteiger partial charge in [0.2, 0.25) is 0 Å². The van der Waals surface area contributed by atoms with Crippen LogP contribution in [0.15, 0.2) is 52.9 Å². The maximum atomic E-state index is 6.35. The summed E-state index contributed by atoms with van der Waals surface area (Å²) in [7, 11) is 1.64. The molecule has 0 fully saturated rings. The lowest BCUT2D eigenvalue weighted by molar-refractivity contribution is 0.414. The van der Waals surface area contributed by atoms with Gasteiger partial charge in [-0.05, 0) is 24.5 Å². The molecular weight excluding hydrogens is 286 g/mol. The largest absolute Gasteiger partial charge is 0.497 e. The molecule has 0 radical (unpaired) electrons. The molecule has 1 atom stereocenters. The second-order valence-electron chi connectivity index (χ2n) is 5.00. The number of rotatable bonds is 2. The zero-order chi connectivity index (χ0) is 14.8. The number of allylic oxidation sites excluding steroid dienone is 3. The molecule has 5 heteroatoms. The minimum Gasteiger partial charge on any atom is -0.497 e. The van der Waals surface area contributed by atoms with Crippen molar-refractivity contribution in [1.29, 1.82) is 0 Å². The first kappa shape index (κ1) is 13.9. The molecule has 1 aliphatic heterocycles. The minimum atomic E-state index is 0.299. The third-order valence-corrected chi connectivity index (χ3v) is 4.02.